The molecule has 6 atom stereocenters. The van der Waals surface area contributed by atoms with Crippen molar-refractivity contribution < 1.29 is 49.0 Å². The molecule has 11 heteroatoms. The zero-order valence-electron chi connectivity index (χ0n) is 20.8. The Kier molecular flexibility index (Phi) is 6.74. The molecule has 38 heavy (non-hydrogen) atoms. The molecule has 0 aromatic heterocycles. The van der Waals surface area contributed by atoms with Crippen LogP contribution in [0.4, 0.5) is 0 Å². The first-order valence-electron chi connectivity index (χ1n) is 12.3. The van der Waals surface area contributed by atoms with Crippen LogP contribution in [0.3, 0.4) is 0 Å². The molecule has 0 saturated carbocycles. The third kappa shape index (κ3) is 3.98. The summed E-state index contributed by atoms with van der Waals surface area (Å²) in [6.45, 7) is 0.880. The van der Waals surface area contributed by atoms with Crippen molar-refractivity contribution in [2.24, 2.45) is 11.7 Å². The maximum absolute atomic E-state index is 13.6. The summed E-state index contributed by atoms with van der Waals surface area (Å²) in [5.41, 5.74) is 5.39. The van der Waals surface area contributed by atoms with Gasteiger partial charge in [-0.2, -0.15) is 0 Å². The highest BCUT2D eigenvalue weighted by Gasteiger charge is 2.45. The van der Waals surface area contributed by atoms with E-state index in [-0.39, 0.29) is 58.4 Å². The van der Waals surface area contributed by atoms with Crippen LogP contribution in [0.15, 0.2) is 18.2 Å². The van der Waals surface area contributed by atoms with Crippen LogP contribution >= 0.6 is 0 Å². The first-order chi connectivity index (χ1) is 18.1. The lowest BCUT2D eigenvalue weighted by Gasteiger charge is -2.40. The minimum atomic E-state index is -1.06. The topological polar surface area (TPSA) is 186 Å². The van der Waals surface area contributed by atoms with Crippen LogP contribution in [-0.2, 0) is 20.7 Å². The van der Waals surface area contributed by atoms with Crippen molar-refractivity contribution >= 4 is 17.3 Å². The average molecular weight is 528 g/mol. The van der Waals surface area contributed by atoms with Gasteiger partial charge in [0.05, 0.1) is 42.1 Å². The minimum Gasteiger partial charge on any atom is -0.507 e. The molecular weight excluding hydrogens is 498 g/mol. The quantitative estimate of drug-likeness (QED) is 0.297. The zero-order valence-corrected chi connectivity index (χ0v) is 20.8. The van der Waals surface area contributed by atoms with Gasteiger partial charge in [-0.25, -0.2) is 0 Å². The SMILES string of the molecule is COc1cccc2c1C(=O)c1c(O)c3c(c(O)c1C2=O)C[C@@H](C(=O)CO)C[C@@H]3OC1CC(N)C(O)C(C)O1. The van der Waals surface area contributed by atoms with E-state index in [2.05, 4.69) is 0 Å². The number of phenols is 2. The van der Waals surface area contributed by atoms with E-state index in [1.165, 1.54) is 25.3 Å². The number of hydrogen-bond donors (Lipinski definition) is 5. The molecule has 2 aromatic rings. The highest BCUT2D eigenvalue weighted by molar-refractivity contribution is 6.31. The predicted molar refractivity (Wildman–Crippen MR) is 130 cm³/mol. The Hall–Kier alpha value is -3.35. The molecule has 4 unspecified atom stereocenters. The summed E-state index contributed by atoms with van der Waals surface area (Å²) < 4.78 is 17.2. The molecule has 0 amide bonds. The van der Waals surface area contributed by atoms with Crippen molar-refractivity contribution in [1.82, 2.24) is 0 Å². The molecule has 1 saturated heterocycles. The number of ether oxygens (including phenoxy) is 3. The second-order valence-electron chi connectivity index (χ2n) is 9.93. The first kappa shape index (κ1) is 26.3. The predicted octanol–water partition coefficient (Wildman–Crippen LogP) is 0.886. The van der Waals surface area contributed by atoms with Crippen molar-refractivity contribution in [2.75, 3.05) is 13.7 Å². The van der Waals surface area contributed by atoms with Gasteiger partial charge in [0.2, 0.25) is 5.78 Å². The van der Waals surface area contributed by atoms with Crippen LogP contribution in [-0.4, -0.2) is 76.0 Å². The highest BCUT2D eigenvalue weighted by Crippen LogP contribution is 2.51. The summed E-state index contributed by atoms with van der Waals surface area (Å²) in [4.78, 5) is 39.6. The molecule has 2 aliphatic carbocycles. The Labute approximate surface area is 217 Å². The number of aliphatic hydroxyl groups excluding tert-OH is 2. The minimum absolute atomic E-state index is 0.00621. The number of nitrogens with two attached hydrogens (primary N) is 1. The number of hydrogen-bond acceptors (Lipinski definition) is 11. The first-order valence-corrected chi connectivity index (χ1v) is 12.3. The monoisotopic (exact) mass is 527 g/mol. The van der Waals surface area contributed by atoms with Crippen LogP contribution in [0.1, 0.15) is 68.8 Å². The van der Waals surface area contributed by atoms with E-state index in [9.17, 15) is 34.8 Å². The third-order valence-corrected chi connectivity index (χ3v) is 7.71. The second-order valence-corrected chi connectivity index (χ2v) is 9.93. The molecule has 5 rings (SSSR count). The van der Waals surface area contributed by atoms with Gasteiger partial charge in [-0.05, 0) is 25.8 Å². The Morgan fingerprint density at radius 1 is 1.11 bits per heavy atom. The molecule has 0 bridgehead atoms. The Balaban J connectivity index is 1.65. The number of carbonyl (C=O) groups excluding carboxylic acids is 3. The normalized spacial score (nSPS) is 28.3. The molecule has 1 aliphatic heterocycles. The largest absolute Gasteiger partial charge is 0.507 e. The van der Waals surface area contributed by atoms with Crippen molar-refractivity contribution in [1.29, 1.82) is 0 Å². The molecule has 6 N–H and O–H groups in total. The summed E-state index contributed by atoms with van der Waals surface area (Å²) in [7, 11) is 1.35. The van der Waals surface area contributed by atoms with Gasteiger partial charge in [0, 0.05) is 35.1 Å². The van der Waals surface area contributed by atoms with Gasteiger partial charge in [-0.3, -0.25) is 14.4 Å². The summed E-state index contributed by atoms with van der Waals surface area (Å²) in [6.07, 6.45) is -3.54. The number of aromatic hydroxyl groups is 2. The zero-order chi connectivity index (χ0) is 27.5. The molecule has 202 valence electrons. The Morgan fingerprint density at radius 2 is 1.82 bits per heavy atom. The fraction of sp³-hybridized carbons (Fsp3) is 0.444. The maximum Gasteiger partial charge on any atom is 0.202 e. The lowest BCUT2D eigenvalue weighted by molar-refractivity contribution is -0.243. The van der Waals surface area contributed by atoms with E-state index >= 15 is 0 Å². The smallest absolute Gasteiger partial charge is 0.202 e. The van der Waals surface area contributed by atoms with Crippen LogP contribution in [0.5, 0.6) is 17.2 Å². The van der Waals surface area contributed by atoms with Gasteiger partial charge in [0.25, 0.3) is 0 Å². The summed E-state index contributed by atoms with van der Waals surface area (Å²) >= 11 is 0. The highest BCUT2D eigenvalue weighted by atomic mass is 16.7. The van der Waals surface area contributed by atoms with Crippen LogP contribution in [0.25, 0.3) is 0 Å². The number of benzene rings is 2. The Morgan fingerprint density at radius 3 is 2.47 bits per heavy atom. The number of methoxy groups -OCH3 is 1. The third-order valence-electron chi connectivity index (χ3n) is 7.71. The molecule has 1 fully saturated rings. The van der Waals surface area contributed by atoms with Crippen molar-refractivity contribution in [3.63, 3.8) is 0 Å². The van der Waals surface area contributed by atoms with Gasteiger partial charge in [0.1, 0.15) is 23.9 Å². The number of carbonyl (C=O) groups is 3. The lowest BCUT2D eigenvalue weighted by Crippen LogP contribution is -2.52. The summed E-state index contributed by atoms with van der Waals surface area (Å²) in [5.74, 6) is -3.64. The fourth-order valence-corrected chi connectivity index (χ4v) is 5.73. The van der Waals surface area contributed by atoms with E-state index in [1.807, 2.05) is 0 Å². The Bertz CT molecular complexity index is 1330. The van der Waals surface area contributed by atoms with Crippen molar-refractivity contribution in [2.45, 2.75) is 56.8 Å². The molecule has 3 aliphatic rings. The van der Waals surface area contributed by atoms with Crippen molar-refractivity contribution in [3.05, 3.63) is 51.6 Å². The number of aliphatic hydroxyl groups is 2. The van der Waals surface area contributed by atoms with Gasteiger partial charge >= 0.3 is 0 Å². The fourth-order valence-electron chi connectivity index (χ4n) is 5.73. The number of ketones is 3. The van der Waals surface area contributed by atoms with Crippen LogP contribution < -0.4 is 10.5 Å². The van der Waals surface area contributed by atoms with E-state index < -0.39 is 72.0 Å². The molecule has 11 nitrogen and oxygen atoms in total. The molecule has 0 radical (unpaired) electrons. The van der Waals surface area contributed by atoms with E-state index in [0.717, 1.165) is 0 Å². The molecule has 1 heterocycles. The second kappa shape index (κ2) is 9.75. The van der Waals surface area contributed by atoms with Gasteiger partial charge in [0.15, 0.2) is 17.9 Å². The van der Waals surface area contributed by atoms with Crippen LogP contribution in [0, 0.1) is 5.92 Å². The maximum atomic E-state index is 13.6. The molecule has 2 aromatic carbocycles. The summed E-state index contributed by atoms with van der Waals surface area (Å²) in [5, 5.41) is 42.4. The van der Waals surface area contributed by atoms with Gasteiger partial charge < -0.3 is 40.4 Å². The molecular formula is C27H29NO10. The molecule has 0 spiro atoms. The average Bonchev–Trinajstić information content (AvgIpc) is 2.90. The van der Waals surface area contributed by atoms with Crippen LogP contribution in [0.2, 0.25) is 0 Å². The van der Waals surface area contributed by atoms with E-state index in [4.69, 9.17) is 19.9 Å². The standard InChI is InChI=1S/C27H29NO10/c1-10-23(31)14(28)8-18(37-10)38-17-7-11(15(30)9-29)6-13-20(17)27(35)22-21(25(13)33)24(32)12-4-3-5-16(36-2)19(12)26(22)34/h3-5,10-11,14,17-18,23,29,31,33,35H,6-9,28H2,1-2H3/t10?,11-,14?,17+,18?,23?/m1/s1. The summed E-state index contributed by atoms with van der Waals surface area (Å²) in [6, 6.07) is 3.83. The lowest BCUT2D eigenvalue weighted by atomic mass is 9.73. The number of Topliss-reactive ketones (excluding diaryl/α,β-unsaturated/α-hetero) is 1. The van der Waals surface area contributed by atoms with Crippen molar-refractivity contribution in [3.8, 4) is 17.2 Å². The number of rotatable bonds is 5. The van der Waals surface area contributed by atoms with Gasteiger partial charge in [-0.15, -0.1) is 0 Å². The number of fused-ring (bicyclic) bond motifs is 3. The number of phenolic OH excluding ortho intramolecular Hbond substituents is 2. The van der Waals surface area contributed by atoms with E-state index in [0.29, 0.717) is 0 Å². The van der Waals surface area contributed by atoms with Gasteiger partial charge in [-0.1, -0.05) is 12.1 Å². The van der Waals surface area contributed by atoms with E-state index in [1.54, 1.807) is 6.92 Å².